The first kappa shape index (κ1) is 12.1. The van der Waals surface area contributed by atoms with E-state index in [1.165, 1.54) is 6.08 Å². The molecule has 0 aromatic rings. The molecule has 0 atom stereocenters. The van der Waals surface area contributed by atoms with Crippen molar-refractivity contribution in [3.05, 3.63) is 12.2 Å². The summed E-state index contributed by atoms with van der Waals surface area (Å²) >= 11 is 0. The number of hydrogen-bond donors (Lipinski definition) is 2. The lowest BCUT2D eigenvalue weighted by molar-refractivity contribution is -0.116. The average molecular weight is 186 g/mol. The molecule has 4 nitrogen and oxygen atoms in total. The van der Waals surface area contributed by atoms with Crippen LogP contribution in [0.2, 0.25) is 0 Å². The number of allylic oxidation sites excluding steroid dienone is 1. The fourth-order valence-corrected chi connectivity index (χ4v) is 0.784. The van der Waals surface area contributed by atoms with Gasteiger partial charge in [0.15, 0.2) is 0 Å². The van der Waals surface area contributed by atoms with Crippen molar-refractivity contribution in [2.24, 2.45) is 0 Å². The summed E-state index contributed by atoms with van der Waals surface area (Å²) in [6, 6.07) is 0. The molecule has 13 heavy (non-hydrogen) atoms. The Balaban J connectivity index is 3.11. The monoisotopic (exact) mass is 186 g/mol. The summed E-state index contributed by atoms with van der Waals surface area (Å²) in [7, 11) is 1.66. The van der Waals surface area contributed by atoms with E-state index in [0.717, 1.165) is 13.1 Å². The van der Waals surface area contributed by atoms with E-state index in [9.17, 15) is 4.79 Å². The Bertz CT molecular complexity index is 158. The maximum absolute atomic E-state index is 10.9. The molecule has 0 bridgehead atoms. The molecule has 0 aromatic carbocycles. The summed E-state index contributed by atoms with van der Waals surface area (Å²) < 4.78 is 4.85. The lowest BCUT2D eigenvalue weighted by Gasteiger charge is -2.03. The first-order valence-corrected chi connectivity index (χ1v) is 4.41. The number of amides is 1. The van der Waals surface area contributed by atoms with Crippen LogP contribution in [0.3, 0.4) is 0 Å². The lowest BCUT2D eigenvalue weighted by atomic mass is 10.5. The van der Waals surface area contributed by atoms with Crippen molar-refractivity contribution in [3.63, 3.8) is 0 Å². The highest BCUT2D eigenvalue weighted by atomic mass is 16.5. The Morgan fingerprint density at radius 2 is 2.15 bits per heavy atom. The van der Waals surface area contributed by atoms with Crippen LogP contribution in [0.5, 0.6) is 0 Å². The van der Waals surface area contributed by atoms with E-state index in [-0.39, 0.29) is 5.91 Å². The summed E-state index contributed by atoms with van der Waals surface area (Å²) in [5.41, 5.74) is 0. The van der Waals surface area contributed by atoms with E-state index >= 15 is 0 Å². The molecule has 76 valence electrons. The van der Waals surface area contributed by atoms with Crippen LogP contribution in [-0.4, -0.2) is 39.3 Å². The average Bonchev–Trinajstić information content (AvgIpc) is 2.11. The fraction of sp³-hybridized carbons (Fsp3) is 0.667. The summed E-state index contributed by atoms with van der Waals surface area (Å²) in [5, 5.41) is 5.85. The fourth-order valence-electron chi connectivity index (χ4n) is 0.784. The first-order chi connectivity index (χ1) is 6.31. The van der Waals surface area contributed by atoms with Gasteiger partial charge in [0, 0.05) is 26.7 Å². The van der Waals surface area contributed by atoms with Gasteiger partial charge in [0.05, 0.1) is 6.61 Å². The van der Waals surface area contributed by atoms with E-state index in [2.05, 4.69) is 10.6 Å². The molecule has 1 amide bonds. The molecule has 0 radical (unpaired) electrons. The van der Waals surface area contributed by atoms with E-state index in [4.69, 9.17) is 4.74 Å². The van der Waals surface area contributed by atoms with Crippen LogP contribution in [0, 0.1) is 0 Å². The number of carbonyl (C=O) groups excluding carboxylic acids is 1. The van der Waals surface area contributed by atoms with Gasteiger partial charge in [0.2, 0.25) is 5.91 Å². The highest BCUT2D eigenvalue weighted by Gasteiger charge is 1.91. The zero-order chi connectivity index (χ0) is 9.94. The van der Waals surface area contributed by atoms with Crippen molar-refractivity contribution >= 4 is 5.91 Å². The largest absolute Gasteiger partial charge is 0.383 e. The van der Waals surface area contributed by atoms with Gasteiger partial charge in [-0.25, -0.2) is 0 Å². The van der Waals surface area contributed by atoms with Crippen LogP contribution in [-0.2, 0) is 9.53 Å². The zero-order valence-corrected chi connectivity index (χ0v) is 8.30. The van der Waals surface area contributed by atoms with Gasteiger partial charge in [-0.1, -0.05) is 6.08 Å². The Morgan fingerprint density at radius 3 is 2.77 bits per heavy atom. The molecule has 0 aromatic heterocycles. The highest BCUT2D eigenvalue weighted by molar-refractivity contribution is 5.87. The van der Waals surface area contributed by atoms with Crippen LogP contribution < -0.4 is 10.6 Å². The van der Waals surface area contributed by atoms with Gasteiger partial charge >= 0.3 is 0 Å². The minimum atomic E-state index is -0.0453. The minimum absolute atomic E-state index is 0.0453. The molecule has 0 saturated carbocycles. The van der Waals surface area contributed by atoms with Gasteiger partial charge in [-0.15, -0.1) is 0 Å². The second-order valence-corrected chi connectivity index (χ2v) is 2.53. The molecule has 0 unspecified atom stereocenters. The number of nitrogens with one attached hydrogen (secondary N) is 2. The van der Waals surface area contributed by atoms with Crippen molar-refractivity contribution in [2.45, 2.75) is 6.92 Å². The first-order valence-electron chi connectivity index (χ1n) is 4.41. The van der Waals surface area contributed by atoms with E-state index in [1.54, 1.807) is 13.2 Å². The van der Waals surface area contributed by atoms with E-state index in [0.29, 0.717) is 13.2 Å². The standard InChI is InChI=1S/C9H18N2O2/c1-3-4-9(12)11-6-5-10-7-8-13-2/h3-4,10H,5-8H2,1-2H3,(H,11,12)/b4-3+. The summed E-state index contributed by atoms with van der Waals surface area (Å²) in [6.07, 6.45) is 3.23. The lowest BCUT2D eigenvalue weighted by Crippen LogP contribution is -2.32. The molecule has 0 aliphatic rings. The van der Waals surface area contributed by atoms with Crippen molar-refractivity contribution < 1.29 is 9.53 Å². The van der Waals surface area contributed by atoms with Gasteiger partial charge in [0.25, 0.3) is 0 Å². The molecule has 0 aliphatic heterocycles. The predicted molar refractivity (Wildman–Crippen MR) is 52.6 cm³/mol. The molecule has 0 heterocycles. The quantitative estimate of drug-likeness (QED) is 0.432. The van der Waals surface area contributed by atoms with Crippen molar-refractivity contribution in [3.8, 4) is 0 Å². The zero-order valence-electron chi connectivity index (χ0n) is 8.30. The van der Waals surface area contributed by atoms with E-state index in [1.807, 2.05) is 6.92 Å². The van der Waals surface area contributed by atoms with Crippen molar-refractivity contribution in [1.29, 1.82) is 0 Å². The third-order valence-corrected chi connectivity index (χ3v) is 1.40. The molecular formula is C9H18N2O2. The molecule has 4 heteroatoms. The molecule has 2 N–H and O–H groups in total. The minimum Gasteiger partial charge on any atom is -0.383 e. The number of ether oxygens (including phenoxy) is 1. The Labute approximate surface area is 79.3 Å². The van der Waals surface area contributed by atoms with Crippen LogP contribution >= 0.6 is 0 Å². The second-order valence-electron chi connectivity index (χ2n) is 2.53. The summed E-state index contributed by atoms with van der Waals surface area (Å²) in [6.45, 7) is 4.74. The highest BCUT2D eigenvalue weighted by Crippen LogP contribution is 1.70. The third kappa shape index (κ3) is 9.04. The number of carbonyl (C=O) groups is 1. The van der Waals surface area contributed by atoms with E-state index < -0.39 is 0 Å². The third-order valence-electron chi connectivity index (χ3n) is 1.40. The normalized spacial score (nSPS) is 10.6. The van der Waals surface area contributed by atoms with Crippen molar-refractivity contribution in [1.82, 2.24) is 10.6 Å². The molecule has 0 aliphatic carbocycles. The number of methoxy groups -OCH3 is 1. The smallest absolute Gasteiger partial charge is 0.243 e. The molecular weight excluding hydrogens is 168 g/mol. The Morgan fingerprint density at radius 1 is 1.38 bits per heavy atom. The predicted octanol–water partition coefficient (Wildman–Crippen LogP) is -0.0853. The molecule has 0 fully saturated rings. The second kappa shape index (κ2) is 9.22. The molecule has 0 spiro atoms. The number of rotatable bonds is 7. The van der Waals surface area contributed by atoms with Gasteiger partial charge in [0.1, 0.15) is 0 Å². The Kier molecular flexibility index (Phi) is 8.60. The van der Waals surface area contributed by atoms with Crippen molar-refractivity contribution in [2.75, 3.05) is 33.4 Å². The molecule has 0 rings (SSSR count). The van der Waals surface area contributed by atoms with Gasteiger partial charge < -0.3 is 15.4 Å². The summed E-state index contributed by atoms with van der Waals surface area (Å²) in [5.74, 6) is -0.0453. The number of hydrogen-bond acceptors (Lipinski definition) is 3. The van der Waals surface area contributed by atoms with Crippen LogP contribution in [0.15, 0.2) is 12.2 Å². The Hall–Kier alpha value is -0.870. The van der Waals surface area contributed by atoms with Crippen LogP contribution in [0.1, 0.15) is 6.92 Å². The van der Waals surface area contributed by atoms with Gasteiger partial charge in [-0.2, -0.15) is 0 Å². The maximum Gasteiger partial charge on any atom is 0.243 e. The van der Waals surface area contributed by atoms with Gasteiger partial charge in [-0.05, 0) is 13.0 Å². The summed E-state index contributed by atoms with van der Waals surface area (Å²) in [4.78, 5) is 10.9. The molecule has 0 saturated heterocycles. The topological polar surface area (TPSA) is 50.4 Å². The van der Waals surface area contributed by atoms with Crippen LogP contribution in [0.4, 0.5) is 0 Å². The van der Waals surface area contributed by atoms with Gasteiger partial charge in [-0.3, -0.25) is 4.79 Å². The van der Waals surface area contributed by atoms with Crippen LogP contribution in [0.25, 0.3) is 0 Å². The SMILES string of the molecule is C/C=C/C(=O)NCCNCCOC. The maximum atomic E-state index is 10.9.